The van der Waals surface area contributed by atoms with E-state index < -0.39 is 12.1 Å². The maximum atomic E-state index is 12.9. The van der Waals surface area contributed by atoms with Gasteiger partial charge in [0.25, 0.3) is 0 Å². The molecule has 0 N–H and O–H groups in total. The molecule has 0 saturated heterocycles. The van der Waals surface area contributed by atoms with Crippen LogP contribution in [0.25, 0.3) is 0 Å². The van der Waals surface area contributed by atoms with Gasteiger partial charge in [-0.2, -0.15) is 0 Å². The summed E-state index contributed by atoms with van der Waals surface area (Å²) in [6.07, 6.45) is 16.7. The highest BCUT2D eigenvalue weighted by Crippen LogP contribution is 2.63. The Labute approximate surface area is 210 Å². The van der Waals surface area contributed by atoms with Gasteiger partial charge in [0.1, 0.15) is 0 Å². The Morgan fingerprint density at radius 1 is 1.06 bits per heavy atom. The van der Waals surface area contributed by atoms with Gasteiger partial charge in [-0.25, -0.2) is 4.79 Å². The van der Waals surface area contributed by atoms with Gasteiger partial charge < -0.3 is 9.47 Å². The normalized spacial score (nSPS) is 37.9. The molecule has 194 valence electrons. The zero-order valence-corrected chi connectivity index (χ0v) is 21.8. The van der Waals surface area contributed by atoms with Crippen LogP contribution in [-0.2, 0) is 23.9 Å². The fourth-order valence-corrected chi connectivity index (χ4v) is 8.97. The summed E-state index contributed by atoms with van der Waals surface area (Å²) in [5.41, 5.74) is 1.86. The molecule has 0 amide bonds. The third kappa shape index (κ3) is 5.25. The number of hydrogen-bond donors (Lipinski definition) is 0. The van der Waals surface area contributed by atoms with E-state index in [-0.39, 0.29) is 11.9 Å². The summed E-state index contributed by atoms with van der Waals surface area (Å²) in [5, 5.41) is 0. The predicted molar refractivity (Wildman–Crippen MR) is 133 cm³/mol. The first-order valence-electron chi connectivity index (χ1n) is 14.4. The van der Waals surface area contributed by atoms with Crippen LogP contribution in [-0.4, -0.2) is 30.4 Å². The van der Waals surface area contributed by atoms with E-state index in [0.29, 0.717) is 29.6 Å². The summed E-state index contributed by atoms with van der Waals surface area (Å²) in [7, 11) is 0. The summed E-state index contributed by atoms with van der Waals surface area (Å²) in [6.45, 7) is 4.32. The molecular formula is C30H44O5. The van der Waals surface area contributed by atoms with E-state index in [2.05, 4.69) is 6.92 Å². The number of allylic oxidation sites excluding steroid dienone is 1. The number of ether oxygens (including phenoxy) is 2. The molecule has 0 spiro atoms. The van der Waals surface area contributed by atoms with Gasteiger partial charge in [-0.05, 0) is 105 Å². The van der Waals surface area contributed by atoms with E-state index in [4.69, 9.17) is 9.47 Å². The molecule has 0 heterocycles. The van der Waals surface area contributed by atoms with Crippen LogP contribution < -0.4 is 0 Å². The monoisotopic (exact) mass is 484 g/mol. The molecule has 0 aromatic heterocycles. The summed E-state index contributed by atoms with van der Waals surface area (Å²) in [6, 6.07) is 0. The topological polar surface area (TPSA) is 69.7 Å². The molecule has 0 radical (unpaired) electrons. The van der Waals surface area contributed by atoms with Crippen molar-refractivity contribution in [1.82, 2.24) is 0 Å². The molecule has 35 heavy (non-hydrogen) atoms. The Kier molecular flexibility index (Phi) is 7.42. The van der Waals surface area contributed by atoms with Gasteiger partial charge in [0.15, 0.2) is 5.78 Å². The zero-order valence-electron chi connectivity index (χ0n) is 21.8. The van der Waals surface area contributed by atoms with Gasteiger partial charge in [-0.3, -0.25) is 9.59 Å². The Bertz CT molecular complexity index is 855. The molecule has 5 rings (SSSR count). The average Bonchev–Trinajstić information content (AvgIpc) is 3.19. The minimum atomic E-state index is -0.732. The van der Waals surface area contributed by atoms with Crippen molar-refractivity contribution in [3.63, 3.8) is 0 Å². The quantitative estimate of drug-likeness (QED) is 0.421. The average molecular weight is 485 g/mol. The van der Waals surface area contributed by atoms with Crippen LogP contribution in [0.2, 0.25) is 0 Å². The van der Waals surface area contributed by atoms with Crippen molar-refractivity contribution in [2.75, 3.05) is 6.61 Å². The summed E-state index contributed by atoms with van der Waals surface area (Å²) in [5.74, 6) is 3.26. The standard InChI is InChI=1S/C30H44O5/c1-19(31)35-28(21-6-4-3-5-7-21)29(33)34-15-13-20-16-27-26-10-8-22-17-23(32)9-11-24(22)25(26)12-14-30(27,2)18-20/h17,20-21,24-28H,3-16,18H2,1-2H3/t20-,24-,25+,26+,27-,28?,30+/m0/s1. The third-order valence-corrected chi connectivity index (χ3v) is 10.5. The molecular weight excluding hydrogens is 440 g/mol. The Balaban J connectivity index is 1.16. The second kappa shape index (κ2) is 10.4. The van der Waals surface area contributed by atoms with Crippen molar-refractivity contribution in [2.24, 2.45) is 40.9 Å². The summed E-state index contributed by atoms with van der Waals surface area (Å²) < 4.78 is 11.2. The van der Waals surface area contributed by atoms with Crippen LogP contribution in [0.4, 0.5) is 0 Å². The second-order valence-corrected chi connectivity index (χ2v) is 12.7. The van der Waals surface area contributed by atoms with Crippen molar-refractivity contribution in [3.05, 3.63) is 11.6 Å². The van der Waals surface area contributed by atoms with Crippen LogP contribution >= 0.6 is 0 Å². The lowest BCUT2D eigenvalue weighted by Gasteiger charge is -2.52. The summed E-state index contributed by atoms with van der Waals surface area (Å²) in [4.78, 5) is 36.5. The smallest absolute Gasteiger partial charge is 0.347 e. The Morgan fingerprint density at radius 2 is 1.86 bits per heavy atom. The van der Waals surface area contributed by atoms with Gasteiger partial charge in [0.2, 0.25) is 6.10 Å². The lowest BCUT2D eigenvalue weighted by Crippen LogP contribution is -2.44. The summed E-state index contributed by atoms with van der Waals surface area (Å²) >= 11 is 0. The van der Waals surface area contributed by atoms with Gasteiger partial charge in [-0.1, -0.05) is 31.8 Å². The fraction of sp³-hybridized carbons (Fsp3) is 0.833. The number of fused-ring (bicyclic) bond motifs is 5. The van der Waals surface area contributed by atoms with Crippen molar-refractivity contribution in [1.29, 1.82) is 0 Å². The molecule has 1 unspecified atom stereocenters. The fourth-order valence-electron chi connectivity index (χ4n) is 8.97. The number of rotatable bonds is 6. The lowest BCUT2D eigenvalue weighted by atomic mass is 9.52. The molecule has 0 aliphatic heterocycles. The maximum absolute atomic E-state index is 12.9. The van der Waals surface area contributed by atoms with Crippen molar-refractivity contribution in [3.8, 4) is 0 Å². The molecule has 5 heteroatoms. The molecule has 5 aliphatic rings. The van der Waals surface area contributed by atoms with Crippen molar-refractivity contribution in [2.45, 2.75) is 110 Å². The highest BCUT2D eigenvalue weighted by molar-refractivity contribution is 5.91. The van der Waals surface area contributed by atoms with E-state index in [1.165, 1.54) is 51.0 Å². The van der Waals surface area contributed by atoms with Gasteiger partial charge in [0.05, 0.1) is 6.61 Å². The highest BCUT2D eigenvalue weighted by atomic mass is 16.6. The number of esters is 2. The molecule has 7 atom stereocenters. The van der Waals surface area contributed by atoms with Gasteiger partial charge in [-0.15, -0.1) is 0 Å². The first kappa shape index (κ1) is 25.0. The Morgan fingerprint density at radius 3 is 2.63 bits per heavy atom. The van der Waals surface area contributed by atoms with E-state index in [1.807, 2.05) is 6.08 Å². The molecule has 0 bridgehead atoms. The van der Waals surface area contributed by atoms with E-state index in [0.717, 1.165) is 69.1 Å². The number of carbonyl (C=O) groups excluding carboxylic acids is 3. The van der Waals surface area contributed by atoms with Crippen LogP contribution in [0.1, 0.15) is 104 Å². The van der Waals surface area contributed by atoms with Crippen molar-refractivity contribution < 1.29 is 23.9 Å². The molecule has 4 saturated carbocycles. The van der Waals surface area contributed by atoms with E-state index in [1.54, 1.807) is 0 Å². The molecule has 5 aliphatic carbocycles. The predicted octanol–water partition coefficient (Wildman–Crippen LogP) is 6.19. The highest BCUT2D eigenvalue weighted by Gasteiger charge is 2.54. The zero-order chi connectivity index (χ0) is 24.6. The minimum absolute atomic E-state index is 0.102. The van der Waals surface area contributed by atoms with Crippen LogP contribution in [0, 0.1) is 40.9 Å². The first-order valence-corrected chi connectivity index (χ1v) is 14.4. The van der Waals surface area contributed by atoms with Crippen LogP contribution in [0.5, 0.6) is 0 Å². The lowest BCUT2D eigenvalue weighted by molar-refractivity contribution is -0.171. The van der Waals surface area contributed by atoms with Gasteiger partial charge >= 0.3 is 11.9 Å². The molecule has 4 fully saturated rings. The van der Waals surface area contributed by atoms with Crippen molar-refractivity contribution >= 4 is 17.7 Å². The third-order valence-electron chi connectivity index (χ3n) is 10.5. The largest absolute Gasteiger partial charge is 0.463 e. The van der Waals surface area contributed by atoms with E-state index in [9.17, 15) is 14.4 Å². The molecule has 0 aromatic rings. The van der Waals surface area contributed by atoms with Crippen LogP contribution in [0.15, 0.2) is 11.6 Å². The number of carbonyl (C=O) groups is 3. The van der Waals surface area contributed by atoms with Gasteiger partial charge in [0, 0.05) is 19.3 Å². The number of hydrogen-bond acceptors (Lipinski definition) is 5. The number of ketones is 1. The van der Waals surface area contributed by atoms with Crippen LogP contribution in [0.3, 0.4) is 0 Å². The molecule has 0 aromatic carbocycles. The first-order chi connectivity index (χ1) is 16.8. The molecule has 5 nitrogen and oxygen atoms in total. The maximum Gasteiger partial charge on any atom is 0.347 e. The van der Waals surface area contributed by atoms with E-state index >= 15 is 0 Å². The second-order valence-electron chi connectivity index (χ2n) is 12.7. The Hall–Kier alpha value is -1.65. The minimum Gasteiger partial charge on any atom is -0.463 e. The SMILES string of the molecule is CC(=O)OC(C(=O)OCC[C@H]1C[C@H]2[C@@H]3CCC4=CC(=O)CC[C@@H]4[C@H]3CC[C@]2(C)C1)C1CCCCC1.